The number of esters is 4. The molecule has 678 valence electrons. The van der Waals surface area contributed by atoms with Gasteiger partial charge in [0.1, 0.15) is 28.2 Å². The number of Topliss-reactive ketones (excluding diaryl/α,β-unsaturated/α-hetero) is 4. The number of carbonyl (C=O) groups is 16. The van der Waals surface area contributed by atoms with E-state index in [9.17, 15) is 86.2 Å². The van der Waals surface area contributed by atoms with Crippen LogP contribution in [0.3, 0.4) is 0 Å². The number of aliphatic carboxylic acids is 1. The van der Waals surface area contributed by atoms with Crippen LogP contribution in [-0.2, 0) is 109 Å². The molecule has 5 aromatic rings. The lowest BCUT2D eigenvalue weighted by Gasteiger charge is -2.32. The number of nitrogens with one attached hydrogen (secondary N) is 2. The van der Waals surface area contributed by atoms with Crippen molar-refractivity contribution in [3.63, 3.8) is 0 Å². The first kappa shape index (κ1) is 103. The smallest absolute Gasteiger partial charge is 0.410 e. The Labute approximate surface area is 713 Å². The first-order valence-corrected chi connectivity index (χ1v) is 39.1. The van der Waals surface area contributed by atoms with E-state index in [4.69, 9.17) is 49.7 Å². The number of anilines is 1. The highest BCUT2D eigenvalue weighted by Gasteiger charge is 2.40. The highest BCUT2D eigenvalue weighted by molar-refractivity contribution is 6.43. The minimum absolute atomic E-state index is 0. The molecule has 0 radical (unpaired) electrons. The molecule has 0 saturated carbocycles. The van der Waals surface area contributed by atoms with E-state index in [2.05, 4.69) is 15.4 Å². The predicted molar refractivity (Wildman–Crippen MR) is 442 cm³/mol. The largest absolute Gasteiger partial charge is 0.478 e. The summed E-state index contributed by atoms with van der Waals surface area (Å²) in [6.45, 7) is 42.7. The predicted octanol–water partition coefficient (Wildman–Crippen LogP) is 9.68. The van der Waals surface area contributed by atoms with Crippen molar-refractivity contribution in [2.75, 3.05) is 59.8 Å². The molecular formula is C84H119FN12O26. The fourth-order valence-corrected chi connectivity index (χ4v) is 11.8. The van der Waals surface area contributed by atoms with Crippen molar-refractivity contribution in [2.45, 2.75) is 251 Å². The summed E-state index contributed by atoms with van der Waals surface area (Å²) in [5.41, 5.74) is 9.74. The van der Waals surface area contributed by atoms with Gasteiger partial charge < -0.3 is 108 Å². The number of aromatic nitrogens is 4. The summed E-state index contributed by atoms with van der Waals surface area (Å²) >= 11 is 0. The number of carboxylic acid groups (broad SMARTS) is 2. The standard InChI is InChI=1S/C20H29N3O6.C19H27N3O6.C18H24N2O7.C16H20N2O7.C7H8FN.C4H11N/c1-19(2,3)21-16(25)15(24)13-10-12(17(26)28-7)14-11-22(8-9-23(13)14)18(27)29-20(4,5)6;1-18(2,3)20-15(24)14(23)12-9-11(16(25)26)13-10-21(7-8-22(12)13)17(27)28-19(4,5)6;1-6-26-16(23)14(21)12-9-11(15(22)25-5)13-10-19(7-8-20(12)13)17(24)27-18(2,3)4;1-16(2,3)25-15(23)17-5-6-18-10(12(19)13(20)21)7-9(11(18)8-17)14(22)24-4;1-5-4-6(9)2-3-7(5)8;1-4(2,3)5/h10H,8-9,11H2,1-7H3,(H,21,25);9H,7-8,10H2,1-6H3,(H,20,24)(H,25,26);9H,6-8,10H2,1-5H3;7H,5-6,8H2,1-4H3,(H,20,21);2-4H,9H2,1H3;5H2,1-3H3. The number of aromatic carboxylic acids is 1. The van der Waals surface area contributed by atoms with E-state index in [1.54, 1.807) is 160 Å². The Kier molecular flexibility index (Phi) is 34.6. The number of ether oxygens (including phenoxy) is 8. The molecule has 9 rings (SSSR count). The highest BCUT2D eigenvalue weighted by atomic mass is 19.1. The van der Waals surface area contributed by atoms with Crippen LogP contribution in [-0.4, -0.2) is 236 Å². The van der Waals surface area contributed by atoms with Crippen LogP contribution in [0.5, 0.6) is 0 Å². The zero-order chi connectivity index (χ0) is 94.2. The van der Waals surface area contributed by atoms with E-state index >= 15 is 0 Å². The molecule has 4 aliphatic heterocycles. The van der Waals surface area contributed by atoms with Crippen LogP contribution in [0.2, 0.25) is 0 Å². The zero-order valence-electron chi connectivity index (χ0n) is 75.0. The lowest BCUT2D eigenvalue weighted by atomic mass is 10.1. The van der Waals surface area contributed by atoms with Crippen molar-refractivity contribution in [1.82, 2.24) is 48.5 Å². The fourth-order valence-electron chi connectivity index (χ4n) is 11.8. The molecule has 0 fully saturated rings. The summed E-state index contributed by atoms with van der Waals surface area (Å²) < 4.78 is 58.9. The van der Waals surface area contributed by atoms with Crippen LogP contribution in [0, 0.1) is 12.7 Å². The number of hydrogen-bond acceptors (Lipinski definition) is 26. The fraction of sp³-hybridized carbons (Fsp3) is 0.548. The lowest BCUT2D eigenvalue weighted by molar-refractivity contribution is -0.137. The third-order valence-electron chi connectivity index (χ3n) is 16.8. The van der Waals surface area contributed by atoms with Gasteiger partial charge in [0, 0.05) is 74.7 Å². The van der Waals surface area contributed by atoms with Gasteiger partial charge in [-0.15, -0.1) is 0 Å². The molecule has 4 aliphatic rings. The van der Waals surface area contributed by atoms with Crippen LogP contribution in [0.25, 0.3) is 0 Å². The number of aryl methyl sites for hydroxylation is 1. The third-order valence-corrected chi connectivity index (χ3v) is 16.8. The van der Waals surface area contributed by atoms with E-state index < -0.39 is 129 Å². The molecule has 8 N–H and O–H groups in total. The zero-order valence-corrected chi connectivity index (χ0v) is 75.0. The SMILES string of the molecule is CC(C)(C)N.CC(C)(C)NC(=O)C(=O)c1cc(C(=O)O)c2n1CCN(C(=O)OC(C)(C)C)C2.CCOC(=O)C(=O)c1cc(C(=O)OC)c2n1CCN(C(=O)OC(C)(C)C)C2.COC(=O)c1cc(C(=O)C(=O)NC(C)(C)C)n2c1CN(C(=O)OC(C)(C)C)CC2.COC(=O)c1cc(C(=O)C(=O)O)n2c1CN(C(=O)OC(C)(C)C)CC2.Cc1cc(N)ccc1F. The molecule has 0 atom stereocenters. The number of halogens is 1. The van der Waals surface area contributed by atoms with Crippen LogP contribution < -0.4 is 22.1 Å². The van der Waals surface area contributed by atoms with Gasteiger partial charge in [0.2, 0.25) is 0 Å². The Morgan fingerprint density at radius 3 is 0.894 bits per heavy atom. The lowest BCUT2D eigenvalue weighted by Crippen LogP contribution is -2.45. The number of carboxylic acids is 2. The number of carbonyl (C=O) groups excluding carboxylic acids is 14. The van der Waals surface area contributed by atoms with Gasteiger partial charge in [-0.25, -0.2) is 52.3 Å². The summed E-state index contributed by atoms with van der Waals surface area (Å²) in [6, 6.07) is 9.56. The molecule has 0 bridgehead atoms. The number of hydrogen-bond donors (Lipinski definition) is 6. The highest BCUT2D eigenvalue weighted by Crippen LogP contribution is 2.31. The molecule has 0 unspecified atom stereocenters. The van der Waals surface area contributed by atoms with E-state index in [0.29, 0.717) is 28.3 Å². The van der Waals surface area contributed by atoms with Crippen LogP contribution in [0.1, 0.15) is 264 Å². The van der Waals surface area contributed by atoms with Gasteiger partial charge >= 0.3 is 60.2 Å². The summed E-state index contributed by atoms with van der Waals surface area (Å²) in [4.78, 5) is 200. The Morgan fingerprint density at radius 1 is 0.407 bits per heavy atom. The number of methoxy groups -OCH3 is 3. The topological polar surface area (TPSA) is 496 Å². The molecule has 38 nitrogen and oxygen atoms in total. The van der Waals surface area contributed by atoms with Gasteiger partial charge in [-0.3, -0.25) is 28.8 Å². The Morgan fingerprint density at radius 2 is 0.667 bits per heavy atom. The average molecular weight is 1730 g/mol. The van der Waals surface area contributed by atoms with Gasteiger partial charge in [0.25, 0.3) is 34.9 Å². The van der Waals surface area contributed by atoms with Gasteiger partial charge in [-0.1, -0.05) is 0 Å². The Balaban J connectivity index is 0.000000326. The summed E-state index contributed by atoms with van der Waals surface area (Å²) in [5, 5.41) is 23.7. The Hall–Kier alpha value is -12.5. The average Bonchev–Trinajstić information content (AvgIpc) is 1.64. The number of amides is 6. The summed E-state index contributed by atoms with van der Waals surface area (Å²) in [6.07, 6.45) is -2.15. The van der Waals surface area contributed by atoms with Gasteiger partial charge in [-0.05, 0) is 207 Å². The van der Waals surface area contributed by atoms with Crippen molar-refractivity contribution in [1.29, 1.82) is 0 Å². The third kappa shape index (κ3) is 30.6. The molecule has 0 aliphatic carbocycles. The number of fused-ring (bicyclic) bond motifs is 4. The van der Waals surface area contributed by atoms with Crippen LogP contribution in [0.4, 0.5) is 29.3 Å². The second-order valence-corrected chi connectivity index (χ2v) is 35.7. The Bertz CT molecular complexity index is 4830. The van der Waals surface area contributed by atoms with E-state index in [-0.39, 0.29) is 147 Å². The van der Waals surface area contributed by atoms with E-state index in [1.165, 1.54) is 80.4 Å². The minimum Gasteiger partial charge on any atom is -0.478 e. The second-order valence-electron chi connectivity index (χ2n) is 35.7. The monoisotopic (exact) mass is 1730 g/mol. The molecule has 0 saturated heterocycles. The first-order chi connectivity index (χ1) is 56.3. The molecule has 8 heterocycles. The van der Waals surface area contributed by atoms with Crippen molar-refractivity contribution in [2.24, 2.45) is 5.73 Å². The molecule has 123 heavy (non-hydrogen) atoms. The van der Waals surface area contributed by atoms with Gasteiger partial charge in [0.15, 0.2) is 0 Å². The normalized spacial score (nSPS) is 13.6. The van der Waals surface area contributed by atoms with Gasteiger partial charge in [-0.2, -0.15) is 0 Å². The number of rotatable bonds is 13. The molecule has 39 heteroatoms. The maximum atomic E-state index is 12.7. The molecular weight excluding hydrogens is 1610 g/mol. The molecule has 6 amide bonds. The van der Waals surface area contributed by atoms with Crippen molar-refractivity contribution in [3.8, 4) is 0 Å². The first-order valence-electron chi connectivity index (χ1n) is 39.1. The minimum atomic E-state index is -1.62. The summed E-state index contributed by atoms with van der Waals surface area (Å²) in [5.74, 6) is -11.2. The number of nitrogen functional groups attached to an aromatic ring is 1. The number of nitrogens with two attached hydrogens (primary N) is 2. The van der Waals surface area contributed by atoms with E-state index in [0.717, 1.165) is 0 Å². The number of ketones is 4. The number of nitrogens with zero attached hydrogens (tertiary/aromatic N) is 8. The summed E-state index contributed by atoms with van der Waals surface area (Å²) in [7, 11) is 3.63. The quantitative estimate of drug-likeness (QED) is 0.0210. The molecule has 0 spiro atoms. The van der Waals surface area contributed by atoms with Crippen LogP contribution >= 0.6 is 0 Å². The molecule has 1 aromatic carbocycles. The van der Waals surface area contributed by atoms with Crippen molar-refractivity contribution < 1.29 is 129 Å². The van der Waals surface area contributed by atoms with E-state index in [1.807, 2.05) is 20.8 Å². The van der Waals surface area contributed by atoms with Crippen molar-refractivity contribution >= 4 is 101 Å². The van der Waals surface area contributed by atoms with Crippen molar-refractivity contribution in [3.05, 3.63) is 122 Å². The second kappa shape index (κ2) is 41.4. The molecule has 4 aromatic heterocycles. The van der Waals surface area contributed by atoms with Crippen LogP contribution in [0.15, 0.2) is 42.5 Å². The number of benzene rings is 1. The van der Waals surface area contributed by atoms with Gasteiger partial charge in [0.05, 0.1) is 122 Å². The maximum Gasteiger partial charge on any atom is 0.410 e. The maximum absolute atomic E-state index is 12.7.